The summed E-state index contributed by atoms with van der Waals surface area (Å²) in [6.45, 7) is -0.0442. The molecule has 30 heavy (non-hydrogen) atoms. The summed E-state index contributed by atoms with van der Waals surface area (Å²) in [5.41, 5.74) is 2.31. The van der Waals surface area contributed by atoms with E-state index in [9.17, 15) is 19.2 Å². The van der Waals surface area contributed by atoms with Gasteiger partial charge in [0.15, 0.2) is 0 Å². The van der Waals surface area contributed by atoms with Gasteiger partial charge in [-0.2, -0.15) is 0 Å². The third-order valence-corrected chi connectivity index (χ3v) is 5.78. The Labute approximate surface area is 176 Å². The lowest BCUT2D eigenvalue weighted by atomic mass is 10.1. The zero-order chi connectivity index (χ0) is 21.7. The molecular weight excluding hydrogens is 390 g/mol. The molecule has 2 saturated carbocycles. The number of likely N-dealkylation sites (N-methyl/N-ethyl adjacent to an activating group) is 2. The summed E-state index contributed by atoms with van der Waals surface area (Å²) in [5.74, 6) is -0.738. The van der Waals surface area contributed by atoms with Gasteiger partial charge in [0.1, 0.15) is 6.04 Å². The van der Waals surface area contributed by atoms with E-state index >= 15 is 0 Å². The molecule has 1 spiro atoms. The maximum atomic E-state index is 12.7. The summed E-state index contributed by atoms with van der Waals surface area (Å²) in [5, 5.41) is 5.51. The molecule has 4 amide bonds. The largest absolute Gasteiger partial charge is 0.347 e. The molecule has 10 nitrogen and oxygen atoms in total. The van der Waals surface area contributed by atoms with Gasteiger partial charge in [-0.25, -0.2) is 0 Å². The lowest BCUT2D eigenvalue weighted by molar-refractivity contribution is -0.140. The van der Waals surface area contributed by atoms with E-state index in [1.807, 2.05) is 0 Å². The highest BCUT2D eigenvalue weighted by Gasteiger charge is 2.44. The summed E-state index contributed by atoms with van der Waals surface area (Å²) in [6.07, 6.45) is 7.72. The Kier molecular flexibility index (Phi) is 6.96. The van der Waals surface area contributed by atoms with Crippen LogP contribution in [0.3, 0.4) is 0 Å². The normalized spacial score (nSPS) is 26.4. The van der Waals surface area contributed by atoms with Crippen LogP contribution in [0.15, 0.2) is 12.3 Å². The minimum atomic E-state index is -0.738. The Balaban J connectivity index is 1.67. The summed E-state index contributed by atoms with van der Waals surface area (Å²) in [7, 11) is 3.13. The van der Waals surface area contributed by atoms with Crippen molar-refractivity contribution in [3.8, 4) is 0 Å². The van der Waals surface area contributed by atoms with Crippen molar-refractivity contribution in [2.45, 2.75) is 50.1 Å². The molecule has 1 heterocycles. The minimum absolute atomic E-state index is 0.0829. The Bertz CT molecular complexity index is 716. The van der Waals surface area contributed by atoms with E-state index in [4.69, 9.17) is 4.84 Å². The Morgan fingerprint density at radius 3 is 2.70 bits per heavy atom. The van der Waals surface area contributed by atoms with Crippen LogP contribution in [0, 0.1) is 5.92 Å². The van der Waals surface area contributed by atoms with Crippen LogP contribution in [0.5, 0.6) is 0 Å². The first-order valence-electron chi connectivity index (χ1n) is 10.4. The second-order valence-corrected chi connectivity index (χ2v) is 8.51. The first-order valence-corrected chi connectivity index (χ1v) is 10.4. The van der Waals surface area contributed by atoms with E-state index in [1.54, 1.807) is 19.3 Å². The maximum Gasteiger partial charge on any atom is 0.243 e. The molecule has 0 radical (unpaired) electrons. The summed E-state index contributed by atoms with van der Waals surface area (Å²) in [4.78, 5) is 57.9. The molecule has 1 atom stereocenters. The molecule has 3 aliphatic rings. The first-order chi connectivity index (χ1) is 14.3. The molecule has 3 N–H and O–H groups in total. The average Bonchev–Trinajstić information content (AvgIpc) is 3.62. The van der Waals surface area contributed by atoms with Gasteiger partial charge in [-0.3, -0.25) is 29.5 Å². The molecule has 0 aromatic rings. The van der Waals surface area contributed by atoms with Crippen molar-refractivity contribution >= 4 is 23.6 Å². The predicted molar refractivity (Wildman–Crippen MR) is 107 cm³/mol. The van der Waals surface area contributed by atoms with Crippen LogP contribution < -0.4 is 16.1 Å². The fourth-order valence-electron chi connectivity index (χ4n) is 3.31. The molecule has 3 rings (SSSR count). The third kappa shape index (κ3) is 6.19. The van der Waals surface area contributed by atoms with E-state index in [2.05, 4.69) is 16.1 Å². The van der Waals surface area contributed by atoms with Gasteiger partial charge in [-0.1, -0.05) is 6.08 Å². The molecule has 0 bridgehead atoms. The van der Waals surface area contributed by atoms with Crippen LogP contribution in [-0.4, -0.2) is 78.8 Å². The van der Waals surface area contributed by atoms with Gasteiger partial charge < -0.3 is 20.4 Å². The average molecular weight is 421 g/mol. The zero-order valence-electron chi connectivity index (χ0n) is 17.6. The van der Waals surface area contributed by atoms with Crippen LogP contribution in [0.1, 0.15) is 38.5 Å². The third-order valence-electron chi connectivity index (χ3n) is 5.78. The topological polar surface area (TPSA) is 120 Å². The number of carbonyl (C=O) groups excluding carboxylic acids is 4. The lowest BCUT2D eigenvalue weighted by Gasteiger charge is -2.27. The number of nitrogens with one attached hydrogen (secondary N) is 3. The highest BCUT2D eigenvalue weighted by atomic mass is 16.6. The van der Waals surface area contributed by atoms with Gasteiger partial charge in [-0.05, 0) is 38.0 Å². The maximum absolute atomic E-state index is 12.7. The van der Waals surface area contributed by atoms with Crippen LogP contribution in [0.2, 0.25) is 0 Å². The SMILES string of the molecule is CN1CC(=O)NC2(CC2)CON/C=C/CC(N(C)C(=O)CC2CC2)C(=O)NCC1=O. The second kappa shape index (κ2) is 9.46. The van der Waals surface area contributed by atoms with E-state index in [1.165, 1.54) is 16.8 Å². The summed E-state index contributed by atoms with van der Waals surface area (Å²) < 4.78 is 0. The predicted octanol–water partition coefficient (Wildman–Crippen LogP) is -0.724. The number of nitrogens with zero attached hydrogens (tertiary/aromatic N) is 2. The molecule has 166 valence electrons. The molecule has 0 saturated heterocycles. The molecule has 1 aliphatic heterocycles. The highest BCUT2D eigenvalue weighted by Crippen LogP contribution is 2.35. The Morgan fingerprint density at radius 1 is 1.30 bits per heavy atom. The Hall–Kier alpha value is -2.62. The number of amides is 4. The van der Waals surface area contributed by atoms with Gasteiger partial charge in [0.25, 0.3) is 0 Å². The minimum Gasteiger partial charge on any atom is -0.347 e. The molecule has 1 unspecified atom stereocenters. The van der Waals surface area contributed by atoms with E-state index in [0.717, 1.165) is 25.7 Å². The van der Waals surface area contributed by atoms with Crippen molar-refractivity contribution in [3.63, 3.8) is 0 Å². The number of rotatable bonds is 3. The van der Waals surface area contributed by atoms with Gasteiger partial charge >= 0.3 is 0 Å². The van der Waals surface area contributed by atoms with Gasteiger partial charge in [0.05, 0.1) is 25.2 Å². The number of hydrogen-bond acceptors (Lipinski definition) is 6. The van der Waals surface area contributed by atoms with Crippen molar-refractivity contribution in [2.24, 2.45) is 5.92 Å². The number of hydrogen-bond donors (Lipinski definition) is 3. The molecule has 0 aromatic carbocycles. The monoisotopic (exact) mass is 421 g/mol. The Morgan fingerprint density at radius 2 is 2.03 bits per heavy atom. The van der Waals surface area contributed by atoms with Crippen LogP contribution in [0.4, 0.5) is 0 Å². The molecule has 10 heteroatoms. The van der Waals surface area contributed by atoms with E-state index in [-0.39, 0.29) is 37.2 Å². The summed E-state index contributed by atoms with van der Waals surface area (Å²) in [6, 6.07) is -0.738. The van der Waals surface area contributed by atoms with Gasteiger partial charge in [0.2, 0.25) is 23.6 Å². The zero-order valence-corrected chi connectivity index (χ0v) is 17.6. The van der Waals surface area contributed by atoms with Gasteiger partial charge in [-0.15, -0.1) is 0 Å². The lowest BCUT2D eigenvalue weighted by Crippen LogP contribution is -2.51. The second-order valence-electron chi connectivity index (χ2n) is 8.51. The fourth-order valence-corrected chi connectivity index (χ4v) is 3.31. The standard InChI is InChI=1S/C20H31N5O5/c1-24-12-16(26)23-20(7-8-20)13-30-22-9-3-4-15(19(29)21-11-18(24)28)25(2)17(27)10-14-5-6-14/h3,9,14-15,22H,4-8,10-13H2,1-2H3,(H,21,29)(H,23,26)/b9-3+. The quantitative estimate of drug-likeness (QED) is 0.553. The molecular formula is C20H31N5O5. The van der Waals surface area contributed by atoms with Crippen molar-refractivity contribution < 1.29 is 24.0 Å². The van der Waals surface area contributed by atoms with Crippen LogP contribution >= 0.6 is 0 Å². The van der Waals surface area contributed by atoms with Crippen molar-refractivity contribution in [3.05, 3.63) is 12.3 Å². The van der Waals surface area contributed by atoms with Crippen LogP contribution in [0.25, 0.3) is 0 Å². The molecule has 2 aliphatic carbocycles. The number of hydroxylamine groups is 1. The van der Waals surface area contributed by atoms with Crippen molar-refractivity contribution in [1.82, 2.24) is 25.9 Å². The van der Waals surface area contributed by atoms with Crippen molar-refractivity contribution in [2.75, 3.05) is 33.8 Å². The van der Waals surface area contributed by atoms with Gasteiger partial charge in [0, 0.05) is 26.7 Å². The number of carbonyl (C=O) groups is 4. The smallest absolute Gasteiger partial charge is 0.243 e. The molecule has 0 aromatic heterocycles. The summed E-state index contributed by atoms with van der Waals surface area (Å²) >= 11 is 0. The van der Waals surface area contributed by atoms with E-state index < -0.39 is 17.5 Å². The highest BCUT2D eigenvalue weighted by molar-refractivity contribution is 5.91. The van der Waals surface area contributed by atoms with Crippen molar-refractivity contribution in [1.29, 1.82) is 0 Å². The van der Waals surface area contributed by atoms with Crippen LogP contribution in [-0.2, 0) is 24.0 Å². The first kappa shape index (κ1) is 22.1. The molecule has 2 fully saturated rings. The van der Waals surface area contributed by atoms with E-state index in [0.29, 0.717) is 18.9 Å². The fraction of sp³-hybridized carbons (Fsp3) is 0.700.